The molecule has 172 valence electrons. The van der Waals surface area contributed by atoms with Gasteiger partial charge in [0, 0.05) is 63.9 Å². The van der Waals surface area contributed by atoms with Gasteiger partial charge in [0.05, 0.1) is 0 Å². The lowest BCUT2D eigenvalue weighted by atomic mass is 9.92. The summed E-state index contributed by atoms with van der Waals surface area (Å²) in [4.78, 5) is 19.4. The molecule has 2 saturated heterocycles. The molecule has 0 spiro atoms. The monoisotopic (exact) mass is 441 g/mol. The third-order valence-electron chi connectivity index (χ3n) is 6.75. The summed E-state index contributed by atoms with van der Waals surface area (Å²) in [6, 6.07) is 14.3. The van der Waals surface area contributed by atoms with Crippen LogP contribution in [0, 0.1) is 17.6 Å². The first-order chi connectivity index (χ1) is 15.6. The first-order valence-corrected chi connectivity index (χ1v) is 11.8. The molecule has 0 saturated carbocycles. The highest BCUT2D eigenvalue weighted by atomic mass is 19.1. The molecule has 2 aliphatic heterocycles. The van der Waals surface area contributed by atoms with E-state index in [2.05, 4.69) is 34.1 Å². The predicted molar refractivity (Wildman–Crippen MR) is 122 cm³/mol. The molecule has 4 nitrogen and oxygen atoms in total. The van der Waals surface area contributed by atoms with Crippen molar-refractivity contribution in [2.75, 3.05) is 39.3 Å². The number of benzene rings is 2. The first-order valence-electron chi connectivity index (χ1n) is 11.8. The van der Waals surface area contributed by atoms with E-state index >= 15 is 0 Å². The van der Waals surface area contributed by atoms with Crippen LogP contribution in [-0.2, 0) is 17.9 Å². The largest absolute Gasteiger partial charge is 0.340 e. The highest BCUT2D eigenvalue weighted by Crippen LogP contribution is 2.24. The van der Waals surface area contributed by atoms with Gasteiger partial charge in [-0.25, -0.2) is 8.78 Å². The van der Waals surface area contributed by atoms with Crippen LogP contribution in [0.3, 0.4) is 0 Å². The maximum atomic E-state index is 14.0. The molecule has 1 atom stereocenters. The van der Waals surface area contributed by atoms with Gasteiger partial charge in [0.25, 0.3) is 0 Å². The van der Waals surface area contributed by atoms with Crippen LogP contribution in [0.15, 0.2) is 48.5 Å². The van der Waals surface area contributed by atoms with Crippen molar-refractivity contribution in [1.82, 2.24) is 14.7 Å². The normalized spacial score (nSPS) is 20.4. The second-order valence-corrected chi connectivity index (χ2v) is 9.16. The zero-order valence-corrected chi connectivity index (χ0v) is 18.7. The smallest absolute Gasteiger partial charge is 0.222 e. The summed E-state index contributed by atoms with van der Waals surface area (Å²) in [5.74, 6) is -0.308. The quantitative estimate of drug-likeness (QED) is 0.641. The lowest BCUT2D eigenvalue weighted by Gasteiger charge is -2.36. The molecule has 2 fully saturated rings. The minimum atomic E-state index is -0.540. The number of hydrogen-bond acceptors (Lipinski definition) is 3. The fraction of sp³-hybridized carbons (Fsp3) is 0.500. The minimum Gasteiger partial charge on any atom is -0.340 e. The van der Waals surface area contributed by atoms with Crippen molar-refractivity contribution >= 4 is 5.91 Å². The third kappa shape index (κ3) is 6.36. The summed E-state index contributed by atoms with van der Waals surface area (Å²) in [6.07, 6.45) is 3.63. The van der Waals surface area contributed by atoms with E-state index in [1.54, 1.807) is 0 Å². The van der Waals surface area contributed by atoms with Crippen molar-refractivity contribution in [3.05, 3.63) is 71.3 Å². The minimum absolute atomic E-state index is 0.256. The topological polar surface area (TPSA) is 26.8 Å². The molecule has 0 aliphatic carbocycles. The Hall–Kier alpha value is -2.31. The van der Waals surface area contributed by atoms with Gasteiger partial charge in [-0.05, 0) is 43.4 Å². The third-order valence-corrected chi connectivity index (χ3v) is 6.75. The van der Waals surface area contributed by atoms with Crippen molar-refractivity contribution in [3.63, 3.8) is 0 Å². The number of amides is 1. The summed E-state index contributed by atoms with van der Waals surface area (Å²) in [7, 11) is 0. The Bertz CT molecular complexity index is 884. The van der Waals surface area contributed by atoms with Crippen LogP contribution in [0.25, 0.3) is 0 Å². The van der Waals surface area contributed by atoms with Crippen LogP contribution < -0.4 is 0 Å². The zero-order chi connectivity index (χ0) is 22.3. The molecule has 1 amide bonds. The number of carbonyl (C=O) groups excluding carboxylic acids is 1. The number of rotatable bonds is 7. The highest BCUT2D eigenvalue weighted by Gasteiger charge is 2.24. The van der Waals surface area contributed by atoms with Gasteiger partial charge in [-0.2, -0.15) is 0 Å². The molecule has 2 aromatic rings. The van der Waals surface area contributed by atoms with Gasteiger partial charge in [-0.15, -0.1) is 0 Å². The number of piperazine rings is 1. The number of likely N-dealkylation sites (tertiary alicyclic amines) is 1. The average Bonchev–Trinajstić information content (AvgIpc) is 2.81. The number of nitrogens with zero attached hydrogens (tertiary/aromatic N) is 3. The van der Waals surface area contributed by atoms with Crippen LogP contribution in [0.5, 0.6) is 0 Å². The Morgan fingerprint density at radius 2 is 1.69 bits per heavy atom. The van der Waals surface area contributed by atoms with E-state index in [0.717, 1.165) is 71.1 Å². The Balaban J connectivity index is 1.18. The maximum absolute atomic E-state index is 14.0. The molecule has 2 aromatic carbocycles. The molecule has 0 bridgehead atoms. The summed E-state index contributed by atoms with van der Waals surface area (Å²) >= 11 is 0. The zero-order valence-electron chi connectivity index (χ0n) is 18.7. The lowest BCUT2D eigenvalue weighted by Crippen LogP contribution is -2.48. The summed E-state index contributed by atoms with van der Waals surface area (Å²) in [5, 5.41) is 0. The number of hydrogen-bond donors (Lipinski definition) is 0. The number of piperidine rings is 1. The van der Waals surface area contributed by atoms with Gasteiger partial charge >= 0.3 is 0 Å². The van der Waals surface area contributed by atoms with E-state index in [1.165, 1.54) is 17.7 Å². The first kappa shape index (κ1) is 22.9. The summed E-state index contributed by atoms with van der Waals surface area (Å²) < 4.78 is 27.1. The van der Waals surface area contributed by atoms with Crippen molar-refractivity contribution in [2.24, 2.45) is 5.92 Å². The van der Waals surface area contributed by atoms with E-state index < -0.39 is 11.6 Å². The van der Waals surface area contributed by atoms with Gasteiger partial charge in [0.15, 0.2) is 0 Å². The molecule has 2 aliphatic rings. The highest BCUT2D eigenvalue weighted by molar-refractivity contribution is 5.76. The van der Waals surface area contributed by atoms with Crippen LogP contribution in [-0.4, -0.2) is 59.9 Å². The molecule has 0 aromatic heterocycles. The van der Waals surface area contributed by atoms with Gasteiger partial charge in [-0.1, -0.05) is 36.4 Å². The fourth-order valence-electron chi connectivity index (χ4n) is 4.90. The summed E-state index contributed by atoms with van der Waals surface area (Å²) in [5.41, 5.74) is 1.85. The van der Waals surface area contributed by atoms with E-state index in [4.69, 9.17) is 0 Å². The van der Waals surface area contributed by atoms with E-state index in [-0.39, 0.29) is 5.91 Å². The maximum Gasteiger partial charge on any atom is 0.222 e. The standard InChI is InChI=1S/C26H33F2N3O/c27-24-10-9-23(25(28)17-24)20-30-12-4-7-22(19-30)8-11-26(32)31-15-13-29(14-16-31)18-21-5-2-1-3-6-21/h1-3,5-6,9-10,17,22H,4,7-8,11-16,18-20H2/t22-/m0/s1. The Morgan fingerprint density at radius 1 is 0.906 bits per heavy atom. The molecule has 6 heteroatoms. The average molecular weight is 442 g/mol. The van der Waals surface area contributed by atoms with Gasteiger partial charge in [0.1, 0.15) is 11.6 Å². The second kappa shape index (κ2) is 11.0. The molecule has 0 N–H and O–H groups in total. The number of halogens is 2. The molecule has 32 heavy (non-hydrogen) atoms. The molecular formula is C26H33F2N3O. The van der Waals surface area contributed by atoms with Gasteiger partial charge in [-0.3, -0.25) is 14.6 Å². The molecule has 2 heterocycles. The second-order valence-electron chi connectivity index (χ2n) is 9.16. The lowest BCUT2D eigenvalue weighted by molar-refractivity contribution is -0.133. The molecule has 0 radical (unpaired) electrons. The molecule has 0 unspecified atom stereocenters. The SMILES string of the molecule is O=C(CC[C@@H]1CCCN(Cc2ccc(F)cc2F)C1)N1CCN(Cc2ccccc2)CC1. The molecule has 4 rings (SSSR count). The van der Waals surface area contributed by atoms with Crippen LogP contribution in [0.2, 0.25) is 0 Å². The van der Waals surface area contributed by atoms with Crippen LogP contribution in [0.4, 0.5) is 8.78 Å². The summed E-state index contributed by atoms with van der Waals surface area (Å²) in [6.45, 7) is 6.66. The Labute approximate surface area is 189 Å². The van der Waals surface area contributed by atoms with Gasteiger partial charge in [0.2, 0.25) is 5.91 Å². The van der Waals surface area contributed by atoms with Crippen LogP contribution >= 0.6 is 0 Å². The predicted octanol–water partition coefficient (Wildman–Crippen LogP) is 4.30. The Morgan fingerprint density at radius 3 is 2.44 bits per heavy atom. The van der Waals surface area contributed by atoms with E-state index in [9.17, 15) is 13.6 Å². The van der Waals surface area contributed by atoms with Crippen molar-refractivity contribution in [2.45, 2.75) is 38.8 Å². The van der Waals surface area contributed by atoms with Crippen molar-refractivity contribution < 1.29 is 13.6 Å². The Kier molecular flexibility index (Phi) is 7.87. The van der Waals surface area contributed by atoms with Crippen molar-refractivity contribution in [3.8, 4) is 0 Å². The van der Waals surface area contributed by atoms with Gasteiger partial charge < -0.3 is 4.90 Å². The van der Waals surface area contributed by atoms with E-state index in [0.29, 0.717) is 24.4 Å². The number of carbonyl (C=O) groups is 1. The fourth-order valence-corrected chi connectivity index (χ4v) is 4.90. The van der Waals surface area contributed by atoms with Crippen LogP contribution in [0.1, 0.15) is 36.8 Å². The van der Waals surface area contributed by atoms with Crippen molar-refractivity contribution in [1.29, 1.82) is 0 Å². The molecular weight excluding hydrogens is 408 g/mol. The van der Waals surface area contributed by atoms with E-state index in [1.807, 2.05) is 11.0 Å².